The van der Waals surface area contributed by atoms with Gasteiger partial charge in [0.25, 0.3) is 10.1 Å². The zero-order valence-corrected chi connectivity index (χ0v) is 11.9. The third kappa shape index (κ3) is 4.08. The van der Waals surface area contributed by atoms with Crippen molar-refractivity contribution in [3.05, 3.63) is 35.9 Å². The molecule has 19 heavy (non-hydrogen) atoms. The van der Waals surface area contributed by atoms with Gasteiger partial charge in [0.2, 0.25) is 0 Å². The first-order valence-corrected chi connectivity index (χ1v) is 8.01. The first-order valence-electron chi connectivity index (χ1n) is 6.19. The van der Waals surface area contributed by atoms with E-state index in [9.17, 15) is 8.42 Å². The average molecular weight is 282 g/mol. The molecule has 0 radical (unpaired) electrons. The van der Waals surface area contributed by atoms with Gasteiger partial charge in [0.15, 0.2) is 0 Å². The first-order chi connectivity index (χ1) is 8.98. The van der Waals surface area contributed by atoms with Crippen molar-refractivity contribution in [1.82, 2.24) is 0 Å². The summed E-state index contributed by atoms with van der Waals surface area (Å²) in [5.41, 5.74) is 2.34. The summed E-state index contributed by atoms with van der Waals surface area (Å²) >= 11 is 0. The Labute approximate surface area is 114 Å². The minimum Gasteiger partial charge on any atom is -0.497 e. The molecule has 0 fully saturated rings. The lowest BCUT2D eigenvalue weighted by molar-refractivity contribution is 0.202. The summed E-state index contributed by atoms with van der Waals surface area (Å²) in [4.78, 5) is 0. The molecule has 0 saturated carbocycles. The minimum absolute atomic E-state index is 0.232. The van der Waals surface area contributed by atoms with Crippen LogP contribution in [0.1, 0.15) is 24.8 Å². The lowest BCUT2D eigenvalue weighted by Gasteiger charge is -2.21. The van der Waals surface area contributed by atoms with Crippen LogP contribution in [0, 0.1) is 0 Å². The quantitative estimate of drug-likeness (QED) is 0.797. The second kappa shape index (κ2) is 5.75. The highest BCUT2D eigenvalue weighted by molar-refractivity contribution is 7.86. The first kappa shape index (κ1) is 14.1. The van der Waals surface area contributed by atoms with Gasteiger partial charge in [-0.25, -0.2) is 0 Å². The number of benzene rings is 1. The fraction of sp³-hybridized carbons (Fsp3) is 0.429. The third-order valence-electron chi connectivity index (χ3n) is 3.11. The molecule has 1 atom stereocenters. The van der Waals surface area contributed by atoms with Crippen molar-refractivity contribution < 1.29 is 17.3 Å². The molecule has 0 aliphatic heterocycles. The molecule has 1 aliphatic rings. The number of rotatable bonds is 4. The SMILES string of the molecule is COc1cccc(C2=CC[C@@H](OS(C)(=O)=O)CC2)c1. The number of allylic oxidation sites excluding steroid dienone is 1. The van der Waals surface area contributed by atoms with Gasteiger partial charge in [-0.05, 0) is 42.5 Å². The summed E-state index contributed by atoms with van der Waals surface area (Å²) < 4.78 is 32.4. The Morgan fingerprint density at radius 1 is 1.32 bits per heavy atom. The van der Waals surface area contributed by atoms with Gasteiger partial charge in [-0.2, -0.15) is 8.42 Å². The highest BCUT2D eigenvalue weighted by atomic mass is 32.2. The molecule has 0 amide bonds. The zero-order chi connectivity index (χ0) is 13.9. The van der Waals surface area contributed by atoms with Crippen LogP contribution in [-0.4, -0.2) is 27.9 Å². The Hall–Kier alpha value is -1.33. The maximum absolute atomic E-state index is 11.1. The van der Waals surface area contributed by atoms with Crippen molar-refractivity contribution in [2.75, 3.05) is 13.4 Å². The molecular weight excluding hydrogens is 264 g/mol. The van der Waals surface area contributed by atoms with Gasteiger partial charge in [-0.15, -0.1) is 0 Å². The summed E-state index contributed by atoms with van der Waals surface area (Å²) in [6, 6.07) is 7.88. The minimum atomic E-state index is -3.37. The van der Waals surface area contributed by atoms with Crippen LogP contribution in [0.2, 0.25) is 0 Å². The van der Waals surface area contributed by atoms with E-state index in [1.165, 1.54) is 5.57 Å². The topological polar surface area (TPSA) is 52.6 Å². The van der Waals surface area contributed by atoms with Crippen molar-refractivity contribution in [2.24, 2.45) is 0 Å². The molecule has 2 rings (SSSR count). The second-order valence-corrected chi connectivity index (χ2v) is 6.26. The van der Waals surface area contributed by atoms with Crippen molar-refractivity contribution in [3.8, 4) is 5.75 Å². The van der Waals surface area contributed by atoms with Gasteiger partial charge < -0.3 is 4.74 Å². The third-order valence-corrected chi connectivity index (χ3v) is 3.74. The molecule has 104 valence electrons. The van der Waals surface area contributed by atoms with Gasteiger partial charge in [0, 0.05) is 0 Å². The number of methoxy groups -OCH3 is 1. The molecule has 0 aromatic heterocycles. The molecule has 0 spiro atoms. The van der Waals surface area contributed by atoms with E-state index in [-0.39, 0.29) is 6.10 Å². The lowest BCUT2D eigenvalue weighted by atomic mass is 9.92. The molecule has 0 N–H and O–H groups in total. The number of ether oxygens (including phenoxy) is 1. The van der Waals surface area contributed by atoms with Gasteiger partial charge in [-0.3, -0.25) is 4.18 Å². The molecule has 4 nitrogen and oxygen atoms in total. The summed E-state index contributed by atoms with van der Waals surface area (Å²) in [6.45, 7) is 0. The van der Waals surface area contributed by atoms with Crippen molar-refractivity contribution in [3.63, 3.8) is 0 Å². The molecule has 0 saturated heterocycles. The Morgan fingerprint density at radius 3 is 2.68 bits per heavy atom. The van der Waals surface area contributed by atoms with E-state index in [1.54, 1.807) is 7.11 Å². The van der Waals surface area contributed by atoms with Crippen LogP contribution in [0.25, 0.3) is 5.57 Å². The van der Waals surface area contributed by atoms with Crippen molar-refractivity contribution in [2.45, 2.75) is 25.4 Å². The molecule has 1 aromatic carbocycles. The van der Waals surface area contributed by atoms with Crippen molar-refractivity contribution >= 4 is 15.7 Å². The van der Waals surface area contributed by atoms with Crippen LogP contribution < -0.4 is 4.74 Å². The van der Waals surface area contributed by atoms with E-state index in [4.69, 9.17) is 8.92 Å². The largest absolute Gasteiger partial charge is 0.497 e. The van der Waals surface area contributed by atoms with Crippen LogP contribution in [0.4, 0.5) is 0 Å². The Bertz CT molecular complexity index is 575. The maximum Gasteiger partial charge on any atom is 0.264 e. The molecular formula is C14H18O4S. The van der Waals surface area contributed by atoms with Gasteiger partial charge in [0.1, 0.15) is 5.75 Å². The van der Waals surface area contributed by atoms with Crippen LogP contribution in [0.15, 0.2) is 30.3 Å². The monoisotopic (exact) mass is 282 g/mol. The molecule has 0 heterocycles. The van der Waals surface area contributed by atoms with E-state index in [1.807, 2.05) is 30.3 Å². The molecule has 1 aliphatic carbocycles. The Kier molecular flexibility index (Phi) is 4.27. The van der Waals surface area contributed by atoms with Gasteiger partial charge in [0.05, 0.1) is 19.5 Å². The Morgan fingerprint density at radius 2 is 2.11 bits per heavy atom. The van der Waals surface area contributed by atoms with Gasteiger partial charge in [-0.1, -0.05) is 18.2 Å². The summed E-state index contributed by atoms with van der Waals surface area (Å²) in [5.74, 6) is 0.827. The van der Waals surface area contributed by atoms with E-state index in [0.717, 1.165) is 30.4 Å². The van der Waals surface area contributed by atoms with E-state index >= 15 is 0 Å². The molecule has 5 heteroatoms. The molecule has 0 bridgehead atoms. The van der Waals surface area contributed by atoms with Crippen LogP contribution in [-0.2, 0) is 14.3 Å². The van der Waals surface area contributed by atoms with Crippen LogP contribution >= 0.6 is 0 Å². The Balaban J connectivity index is 2.08. The standard InChI is InChI=1S/C14H18O4S/c1-17-14-5-3-4-12(10-14)11-6-8-13(9-7-11)18-19(2,15)16/h3-6,10,13H,7-9H2,1-2H3/t13-/m1/s1. The normalized spacial score (nSPS) is 19.9. The molecule has 0 unspecified atom stereocenters. The predicted octanol–water partition coefficient (Wildman–Crippen LogP) is 2.61. The second-order valence-electron chi connectivity index (χ2n) is 4.66. The zero-order valence-electron chi connectivity index (χ0n) is 11.1. The molecule has 1 aromatic rings. The fourth-order valence-electron chi connectivity index (χ4n) is 2.23. The average Bonchev–Trinajstić information content (AvgIpc) is 2.38. The lowest BCUT2D eigenvalue weighted by Crippen LogP contribution is -2.19. The number of hydrogen-bond donors (Lipinski definition) is 0. The highest BCUT2D eigenvalue weighted by Gasteiger charge is 2.19. The van der Waals surface area contributed by atoms with E-state index in [2.05, 4.69) is 0 Å². The van der Waals surface area contributed by atoms with Crippen molar-refractivity contribution in [1.29, 1.82) is 0 Å². The predicted molar refractivity (Wildman–Crippen MR) is 74.5 cm³/mol. The summed E-state index contributed by atoms with van der Waals surface area (Å²) in [7, 11) is -1.72. The van der Waals surface area contributed by atoms with Gasteiger partial charge >= 0.3 is 0 Å². The highest BCUT2D eigenvalue weighted by Crippen LogP contribution is 2.30. The van der Waals surface area contributed by atoms with Crippen LogP contribution in [0.3, 0.4) is 0 Å². The fourth-order valence-corrected chi connectivity index (χ4v) is 2.90. The van der Waals surface area contributed by atoms with Crippen LogP contribution in [0.5, 0.6) is 5.75 Å². The smallest absolute Gasteiger partial charge is 0.264 e. The summed E-state index contributed by atoms with van der Waals surface area (Å²) in [5, 5.41) is 0. The number of hydrogen-bond acceptors (Lipinski definition) is 4. The maximum atomic E-state index is 11.1. The summed E-state index contributed by atoms with van der Waals surface area (Å²) in [6.07, 6.45) is 5.07. The van der Waals surface area contributed by atoms with E-state index < -0.39 is 10.1 Å². The van der Waals surface area contributed by atoms with E-state index in [0.29, 0.717) is 6.42 Å².